The van der Waals surface area contributed by atoms with E-state index in [0.717, 1.165) is 43.9 Å². The Bertz CT molecular complexity index is 556. The predicted molar refractivity (Wildman–Crippen MR) is 101 cm³/mol. The van der Waals surface area contributed by atoms with Gasteiger partial charge in [0.2, 0.25) is 0 Å². The van der Waals surface area contributed by atoms with Crippen molar-refractivity contribution in [1.82, 2.24) is 0 Å². The first-order valence-corrected chi connectivity index (χ1v) is 11.0. The van der Waals surface area contributed by atoms with Crippen molar-refractivity contribution in [2.45, 2.75) is 97.5 Å². The standard InChI is InChI=1S/C23H38O2/c1-5-10-23(25)12-9-19-17-7-6-16-13-20(24)15(2)14-21(16,3)18(17)8-11-22(19,23)4/h15-19,25H,5-14H2,1-4H3/t15-,16+,17+,18+,19+,21+,22+,23+/m1/s1. The van der Waals surface area contributed by atoms with E-state index in [0.29, 0.717) is 23.0 Å². The first-order chi connectivity index (χ1) is 11.7. The van der Waals surface area contributed by atoms with Gasteiger partial charge in [0.05, 0.1) is 5.60 Å². The van der Waals surface area contributed by atoms with Gasteiger partial charge in [0, 0.05) is 12.3 Å². The maximum absolute atomic E-state index is 12.3. The maximum Gasteiger partial charge on any atom is 0.136 e. The summed E-state index contributed by atoms with van der Waals surface area (Å²) < 4.78 is 0. The van der Waals surface area contributed by atoms with E-state index in [1.807, 2.05) is 0 Å². The molecule has 0 aliphatic heterocycles. The van der Waals surface area contributed by atoms with E-state index in [-0.39, 0.29) is 11.3 Å². The molecule has 25 heavy (non-hydrogen) atoms. The van der Waals surface area contributed by atoms with Crippen LogP contribution in [0.2, 0.25) is 0 Å². The van der Waals surface area contributed by atoms with Gasteiger partial charge >= 0.3 is 0 Å². The second-order valence-corrected chi connectivity index (χ2v) is 10.7. The number of aliphatic hydroxyl groups is 1. The summed E-state index contributed by atoms with van der Waals surface area (Å²) >= 11 is 0. The molecule has 0 aromatic rings. The van der Waals surface area contributed by atoms with Crippen LogP contribution in [0.5, 0.6) is 0 Å². The van der Waals surface area contributed by atoms with Gasteiger partial charge in [0.25, 0.3) is 0 Å². The molecule has 0 unspecified atom stereocenters. The second kappa shape index (κ2) is 5.81. The fourth-order valence-electron chi connectivity index (χ4n) is 8.34. The number of ketones is 1. The number of Topliss-reactive ketones (excluding diaryl/α,β-unsaturated/α-hetero) is 1. The molecule has 8 atom stereocenters. The lowest BCUT2D eigenvalue weighted by molar-refractivity contribution is -0.162. The molecule has 0 saturated heterocycles. The Morgan fingerprint density at radius 2 is 1.80 bits per heavy atom. The molecule has 142 valence electrons. The fourth-order valence-corrected chi connectivity index (χ4v) is 8.34. The van der Waals surface area contributed by atoms with Gasteiger partial charge in [-0.2, -0.15) is 0 Å². The van der Waals surface area contributed by atoms with Crippen molar-refractivity contribution in [2.24, 2.45) is 40.4 Å². The van der Waals surface area contributed by atoms with Crippen LogP contribution in [0, 0.1) is 40.4 Å². The normalized spacial score (nSPS) is 55.4. The highest BCUT2D eigenvalue weighted by atomic mass is 16.3. The monoisotopic (exact) mass is 346 g/mol. The summed E-state index contributed by atoms with van der Waals surface area (Å²) in [5, 5.41) is 11.5. The number of carbonyl (C=O) groups is 1. The smallest absolute Gasteiger partial charge is 0.136 e. The predicted octanol–water partition coefficient (Wildman–Crippen LogP) is 5.38. The highest BCUT2D eigenvalue weighted by Crippen LogP contribution is 2.68. The molecule has 0 spiro atoms. The van der Waals surface area contributed by atoms with Gasteiger partial charge in [-0.15, -0.1) is 0 Å². The summed E-state index contributed by atoms with van der Waals surface area (Å²) in [5.41, 5.74) is 0.0669. The minimum absolute atomic E-state index is 0.128. The molecule has 2 heteroatoms. The van der Waals surface area contributed by atoms with Crippen LogP contribution in [-0.2, 0) is 4.79 Å². The second-order valence-electron chi connectivity index (χ2n) is 10.7. The van der Waals surface area contributed by atoms with E-state index in [4.69, 9.17) is 0 Å². The van der Waals surface area contributed by atoms with Gasteiger partial charge in [0.1, 0.15) is 5.78 Å². The molecule has 2 nitrogen and oxygen atoms in total. The van der Waals surface area contributed by atoms with Crippen LogP contribution in [0.25, 0.3) is 0 Å². The van der Waals surface area contributed by atoms with Gasteiger partial charge in [0.15, 0.2) is 0 Å². The average molecular weight is 347 g/mol. The van der Waals surface area contributed by atoms with E-state index in [2.05, 4.69) is 27.7 Å². The minimum atomic E-state index is -0.426. The topological polar surface area (TPSA) is 37.3 Å². The van der Waals surface area contributed by atoms with Gasteiger partial charge < -0.3 is 5.11 Å². The number of fused-ring (bicyclic) bond motifs is 5. The quantitative estimate of drug-likeness (QED) is 0.729. The Hall–Kier alpha value is -0.370. The van der Waals surface area contributed by atoms with Crippen molar-refractivity contribution in [2.75, 3.05) is 0 Å². The van der Waals surface area contributed by atoms with E-state index < -0.39 is 5.60 Å². The summed E-state index contributed by atoms with van der Waals surface area (Å²) in [6.45, 7) is 9.31. The third kappa shape index (κ3) is 2.35. The molecule has 4 aliphatic carbocycles. The van der Waals surface area contributed by atoms with Crippen molar-refractivity contribution in [3.63, 3.8) is 0 Å². The largest absolute Gasteiger partial charge is 0.389 e. The molecule has 0 bridgehead atoms. The van der Waals surface area contributed by atoms with Crippen molar-refractivity contribution in [3.05, 3.63) is 0 Å². The SMILES string of the molecule is CCC[C@]1(O)CC[C@H]2[C@H]3CC[C@H]4CC(=O)[C@H](C)C[C@]4(C)[C@H]3CC[C@@]21C. The molecule has 0 aromatic carbocycles. The van der Waals surface area contributed by atoms with Gasteiger partial charge in [-0.3, -0.25) is 4.79 Å². The van der Waals surface area contributed by atoms with E-state index >= 15 is 0 Å². The molecular weight excluding hydrogens is 308 g/mol. The first-order valence-electron chi connectivity index (χ1n) is 11.0. The van der Waals surface area contributed by atoms with Crippen LogP contribution in [0.3, 0.4) is 0 Å². The molecule has 4 rings (SSSR count). The zero-order valence-electron chi connectivity index (χ0n) is 16.8. The van der Waals surface area contributed by atoms with Crippen molar-refractivity contribution >= 4 is 5.78 Å². The van der Waals surface area contributed by atoms with Crippen LogP contribution in [0.4, 0.5) is 0 Å². The Morgan fingerprint density at radius 3 is 2.52 bits per heavy atom. The third-order valence-corrected chi connectivity index (χ3v) is 9.79. The van der Waals surface area contributed by atoms with E-state index in [9.17, 15) is 9.90 Å². The average Bonchev–Trinajstić information content (AvgIpc) is 2.81. The van der Waals surface area contributed by atoms with Crippen molar-refractivity contribution < 1.29 is 9.90 Å². The summed E-state index contributed by atoms with van der Waals surface area (Å²) in [5.74, 6) is 3.66. The molecular formula is C23H38O2. The molecule has 0 aromatic heterocycles. The minimum Gasteiger partial charge on any atom is -0.389 e. The number of carbonyl (C=O) groups excluding carboxylic acids is 1. The lowest BCUT2D eigenvalue weighted by Crippen LogP contribution is -2.57. The summed E-state index contributed by atoms with van der Waals surface area (Å²) in [6.07, 6.45) is 11.3. The highest BCUT2D eigenvalue weighted by molar-refractivity contribution is 5.82. The van der Waals surface area contributed by atoms with Gasteiger partial charge in [-0.05, 0) is 85.9 Å². The van der Waals surface area contributed by atoms with Crippen LogP contribution in [0.1, 0.15) is 91.9 Å². The summed E-state index contributed by atoms with van der Waals surface area (Å²) in [6, 6.07) is 0. The lowest BCUT2D eigenvalue weighted by Gasteiger charge is -2.61. The molecule has 0 amide bonds. The zero-order valence-corrected chi connectivity index (χ0v) is 16.8. The molecule has 0 radical (unpaired) electrons. The number of hydrogen-bond donors (Lipinski definition) is 1. The van der Waals surface area contributed by atoms with Crippen molar-refractivity contribution in [3.8, 4) is 0 Å². The number of hydrogen-bond acceptors (Lipinski definition) is 2. The third-order valence-electron chi connectivity index (χ3n) is 9.79. The van der Waals surface area contributed by atoms with Crippen LogP contribution < -0.4 is 0 Å². The van der Waals surface area contributed by atoms with Gasteiger partial charge in [-0.1, -0.05) is 34.1 Å². The molecule has 0 heterocycles. The van der Waals surface area contributed by atoms with E-state index in [1.54, 1.807) is 0 Å². The summed E-state index contributed by atoms with van der Waals surface area (Å²) in [7, 11) is 0. The van der Waals surface area contributed by atoms with Gasteiger partial charge in [-0.25, -0.2) is 0 Å². The Balaban J connectivity index is 1.63. The highest BCUT2D eigenvalue weighted by Gasteiger charge is 2.64. The summed E-state index contributed by atoms with van der Waals surface area (Å²) in [4.78, 5) is 12.3. The first kappa shape index (κ1) is 18.0. The van der Waals surface area contributed by atoms with Crippen molar-refractivity contribution in [1.29, 1.82) is 0 Å². The Labute approximate surface area is 154 Å². The Kier molecular flexibility index (Phi) is 4.19. The number of rotatable bonds is 2. The molecule has 1 N–H and O–H groups in total. The molecule has 4 saturated carbocycles. The maximum atomic E-state index is 12.3. The Morgan fingerprint density at radius 1 is 1.08 bits per heavy atom. The van der Waals surface area contributed by atoms with Crippen LogP contribution in [0.15, 0.2) is 0 Å². The van der Waals surface area contributed by atoms with E-state index in [1.165, 1.54) is 32.1 Å². The zero-order chi connectivity index (χ0) is 18.0. The van der Waals surface area contributed by atoms with Crippen LogP contribution in [-0.4, -0.2) is 16.5 Å². The van der Waals surface area contributed by atoms with Crippen LogP contribution >= 0.6 is 0 Å². The fraction of sp³-hybridized carbons (Fsp3) is 0.957. The molecule has 4 aliphatic rings. The molecule has 4 fully saturated rings. The lowest BCUT2D eigenvalue weighted by atomic mass is 9.43.